The lowest BCUT2D eigenvalue weighted by molar-refractivity contribution is 0.479. The maximum atomic E-state index is 3.75. The highest BCUT2D eigenvalue weighted by molar-refractivity contribution is 5.22. The van der Waals surface area contributed by atoms with Gasteiger partial charge in [-0.1, -0.05) is 19.4 Å². The van der Waals surface area contributed by atoms with E-state index in [0.717, 1.165) is 0 Å². The molecule has 0 saturated carbocycles. The molecule has 0 aliphatic heterocycles. The van der Waals surface area contributed by atoms with Crippen LogP contribution in [-0.4, -0.2) is 18.8 Å². The van der Waals surface area contributed by atoms with Gasteiger partial charge in [0.05, 0.1) is 0 Å². The first-order chi connectivity index (χ1) is 5.11. The van der Waals surface area contributed by atoms with Gasteiger partial charge in [0, 0.05) is 20.0 Å². The third-order valence-electron chi connectivity index (χ3n) is 2.00. The van der Waals surface area contributed by atoms with Crippen molar-refractivity contribution in [2.24, 2.45) is 11.0 Å². The quantitative estimate of drug-likeness (QED) is 0.448. The lowest BCUT2D eigenvalue weighted by Crippen LogP contribution is -2.04. The molecular formula is C9H18N2. The molecule has 0 saturated heterocycles. The maximum Gasteiger partial charge on any atom is 0.0296 e. The lowest BCUT2D eigenvalue weighted by atomic mass is 10.0. The van der Waals surface area contributed by atoms with E-state index in [2.05, 4.69) is 32.6 Å². The van der Waals surface area contributed by atoms with Gasteiger partial charge in [-0.05, 0) is 19.3 Å². The largest absolute Gasteiger partial charge is 0.277 e. The molecule has 0 bridgehead atoms. The summed E-state index contributed by atoms with van der Waals surface area (Å²) in [5.74, 6) is 0.638. The Labute approximate surface area is 69.6 Å². The minimum absolute atomic E-state index is 0.638. The molecule has 0 radical (unpaired) electrons. The Kier molecular flexibility index (Phi) is 4.59. The molecule has 1 unspecified atom stereocenters. The predicted molar refractivity (Wildman–Crippen MR) is 50.5 cm³/mol. The Bertz CT molecular complexity index is 150. The summed E-state index contributed by atoms with van der Waals surface area (Å²) < 4.78 is 0. The fourth-order valence-corrected chi connectivity index (χ4v) is 0.785. The second-order valence-corrected chi connectivity index (χ2v) is 2.90. The summed E-state index contributed by atoms with van der Waals surface area (Å²) in [4.78, 5) is 0. The second kappa shape index (κ2) is 4.94. The van der Waals surface area contributed by atoms with E-state index in [4.69, 9.17) is 0 Å². The van der Waals surface area contributed by atoms with E-state index < -0.39 is 0 Å². The van der Waals surface area contributed by atoms with E-state index in [-0.39, 0.29) is 0 Å². The Balaban J connectivity index is 4.08. The van der Waals surface area contributed by atoms with Crippen molar-refractivity contribution in [1.82, 2.24) is 5.01 Å². The van der Waals surface area contributed by atoms with Gasteiger partial charge in [-0.15, -0.1) is 0 Å². The van der Waals surface area contributed by atoms with Crippen LogP contribution in [0, 0.1) is 5.92 Å². The molecule has 64 valence electrons. The molecule has 0 aromatic rings. The molecule has 0 rings (SSSR count). The first-order valence-corrected chi connectivity index (χ1v) is 3.99. The number of hydrogen-bond donors (Lipinski definition) is 0. The highest BCUT2D eigenvalue weighted by Gasteiger charge is 2.00. The molecule has 0 amide bonds. The summed E-state index contributed by atoms with van der Waals surface area (Å²) in [6.07, 6.45) is 3.19. The van der Waals surface area contributed by atoms with Crippen molar-refractivity contribution in [2.45, 2.75) is 27.2 Å². The average Bonchev–Trinajstić information content (AvgIpc) is 2.02. The summed E-state index contributed by atoms with van der Waals surface area (Å²) in [5.41, 5.74) is 1.35. The number of hydrazone groups is 1. The normalized spacial score (nSPS) is 14.4. The van der Waals surface area contributed by atoms with Gasteiger partial charge in [0.1, 0.15) is 0 Å². The first-order valence-electron chi connectivity index (χ1n) is 3.99. The van der Waals surface area contributed by atoms with E-state index in [9.17, 15) is 0 Å². The molecule has 0 aromatic heterocycles. The lowest BCUT2D eigenvalue weighted by Gasteiger charge is -2.12. The molecule has 1 atom stereocenters. The SMILES string of the molecule is C=NN(C)/C=C(/C)C(C)CC. The Hall–Kier alpha value is -0.790. The fraction of sp³-hybridized carbons (Fsp3) is 0.667. The van der Waals surface area contributed by atoms with Crippen molar-refractivity contribution in [3.8, 4) is 0 Å². The number of hydrogen-bond acceptors (Lipinski definition) is 2. The van der Waals surface area contributed by atoms with Gasteiger partial charge in [0.15, 0.2) is 0 Å². The van der Waals surface area contributed by atoms with Crippen molar-refractivity contribution in [3.63, 3.8) is 0 Å². The van der Waals surface area contributed by atoms with Crippen LogP contribution in [0.1, 0.15) is 27.2 Å². The van der Waals surface area contributed by atoms with Crippen molar-refractivity contribution in [2.75, 3.05) is 7.05 Å². The van der Waals surface area contributed by atoms with E-state index in [0.29, 0.717) is 5.92 Å². The molecule has 0 heterocycles. The minimum atomic E-state index is 0.638. The van der Waals surface area contributed by atoms with Gasteiger partial charge in [0.25, 0.3) is 0 Å². The standard InChI is InChI=1S/C9H18N2/c1-6-8(2)9(3)7-11(5)10-4/h7-8H,4,6H2,1-3,5H3/b9-7-. The van der Waals surface area contributed by atoms with Crippen molar-refractivity contribution in [1.29, 1.82) is 0 Å². The Morgan fingerprint density at radius 2 is 2.27 bits per heavy atom. The topological polar surface area (TPSA) is 15.6 Å². The van der Waals surface area contributed by atoms with E-state index in [1.807, 2.05) is 13.2 Å². The number of allylic oxidation sites excluding steroid dienone is 1. The van der Waals surface area contributed by atoms with Gasteiger partial charge < -0.3 is 0 Å². The zero-order valence-corrected chi connectivity index (χ0v) is 7.96. The Morgan fingerprint density at radius 1 is 1.73 bits per heavy atom. The number of nitrogens with zero attached hydrogens (tertiary/aromatic N) is 2. The molecule has 0 spiro atoms. The van der Waals surface area contributed by atoms with Gasteiger partial charge >= 0.3 is 0 Å². The molecule has 0 aliphatic rings. The second-order valence-electron chi connectivity index (χ2n) is 2.90. The third kappa shape index (κ3) is 3.81. The Morgan fingerprint density at radius 3 is 2.64 bits per heavy atom. The minimum Gasteiger partial charge on any atom is -0.277 e. The summed E-state index contributed by atoms with van der Waals surface area (Å²) in [6.45, 7) is 9.95. The van der Waals surface area contributed by atoms with Crippen LogP contribution < -0.4 is 0 Å². The van der Waals surface area contributed by atoms with Gasteiger partial charge in [-0.3, -0.25) is 5.01 Å². The molecule has 2 nitrogen and oxygen atoms in total. The van der Waals surface area contributed by atoms with E-state index in [1.54, 1.807) is 5.01 Å². The van der Waals surface area contributed by atoms with Crippen LogP contribution in [0.3, 0.4) is 0 Å². The van der Waals surface area contributed by atoms with E-state index >= 15 is 0 Å². The van der Waals surface area contributed by atoms with Crippen LogP contribution in [-0.2, 0) is 0 Å². The summed E-state index contributed by atoms with van der Waals surface area (Å²) >= 11 is 0. The highest BCUT2D eigenvalue weighted by Crippen LogP contribution is 2.13. The van der Waals surface area contributed by atoms with Crippen LogP contribution >= 0.6 is 0 Å². The van der Waals surface area contributed by atoms with Crippen LogP contribution in [0.5, 0.6) is 0 Å². The summed E-state index contributed by atoms with van der Waals surface area (Å²) in [5, 5.41) is 5.49. The van der Waals surface area contributed by atoms with Gasteiger partial charge in [-0.25, -0.2) is 0 Å². The van der Waals surface area contributed by atoms with Crippen molar-refractivity contribution in [3.05, 3.63) is 11.8 Å². The van der Waals surface area contributed by atoms with Crippen molar-refractivity contribution >= 4 is 6.72 Å². The van der Waals surface area contributed by atoms with Crippen LogP contribution in [0.2, 0.25) is 0 Å². The zero-order chi connectivity index (χ0) is 8.85. The highest BCUT2D eigenvalue weighted by atomic mass is 15.4. The van der Waals surface area contributed by atoms with Gasteiger partial charge in [0.2, 0.25) is 0 Å². The van der Waals surface area contributed by atoms with Crippen molar-refractivity contribution < 1.29 is 0 Å². The predicted octanol–water partition coefficient (Wildman–Crippen LogP) is 2.48. The molecule has 0 aliphatic carbocycles. The average molecular weight is 154 g/mol. The summed E-state index contributed by atoms with van der Waals surface area (Å²) in [7, 11) is 1.89. The summed E-state index contributed by atoms with van der Waals surface area (Å²) in [6, 6.07) is 0. The van der Waals surface area contributed by atoms with Crippen LogP contribution in [0.25, 0.3) is 0 Å². The van der Waals surface area contributed by atoms with E-state index in [1.165, 1.54) is 12.0 Å². The first kappa shape index (κ1) is 10.2. The molecule has 0 aromatic carbocycles. The zero-order valence-electron chi connectivity index (χ0n) is 7.96. The fourth-order valence-electron chi connectivity index (χ4n) is 0.785. The van der Waals surface area contributed by atoms with Crippen LogP contribution in [0.4, 0.5) is 0 Å². The van der Waals surface area contributed by atoms with Gasteiger partial charge in [-0.2, -0.15) is 5.10 Å². The monoisotopic (exact) mass is 154 g/mol. The third-order valence-corrected chi connectivity index (χ3v) is 2.00. The molecule has 0 N–H and O–H groups in total. The van der Waals surface area contributed by atoms with Crippen LogP contribution in [0.15, 0.2) is 16.9 Å². The smallest absolute Gasteiger partial charge is 0.0296 e. The molecular weight excluding hydrogens is 136 g/mol. The number of rotatable bonds is 4. The molecule has 2 heteroatoms. The maximum absolute atomic E-state index is 3.75. The molecule has 11 heavy (non-hydrogen) atoms. The molecule has 0 fully saturated rings.